The Bertz CT molecular complexity index is 2960. The summed E-state index contributed by atoms with van der Waals surface area (Å²) in [5, 5.41) is 0. The largest absolute Gasteiger partial charge is 0.453 e. The van der Waals surface area contributed by atoms with E-state index < -0.39 is 5.41 Å². The quantitative estimate of drug-likeness (QED) is 0.172. The third-order valence-electron chi connectivity index (χ3n) is 15.8. The normalized spacial score (nSPS) is 22.3. The van der Waals surface area contributed by atoms with Crippen LogP contribution in [-0.2, 0) is 10.8 Å². The molecule has 0 N–H and O–H groups in total. The molecule has 62 heavy (non-hydrogen) atoms. The van der Waals surface area contributed by atoms with E-state index in [0.29, 0.717) is 5.41 Å². The van der Waals surface area contributed by atoms with Gasteiger partial charge in [-0.1, -0.05) is 115 Å². The summed E-state index contributed by atoms with van der Waals surface area (Å²) in [6.45, 7) is 0. The standard InChI is InChI=1S/C59H46N2O/c1-4-14-50-46(11-1)47-12-2-5-15-51(47)59(50)52-16-6-3-13-48(52)49-30-29-45(34-53(49)59)60(42-23-21-41(22-24-42)58-35-38-31-39(36-58)33-40(32-38)37-58)43-25-27-44(28-26-43)61-54-17-7-9-19-56(54)62-57-20-10-8-18-55(57)61/h1-30,34,38-40H,31-33,35-37H2. The Morgan fingerprint density at radius 1 is 0.419 bits per heavy atom. The number of anilines is 6. The predicted molar refractivity (Wildman–Crippen MR) is 252 cm³/mol. The van der Waals surface area contributed by atoms with Gasteiger partial charge in [0.25, 0.3) is 0 Å². The van der Waals surface area contributed by atoms with Crippen LogP contribution in [0.1, 0.15) is 66.3 Å². The molecule has 0 atom stereocenters. The van der Waals surface area contributed by atoms with Gasteiger partial charge < -0.3 is 14.5 Å². The predicted octanol–water partition coefficient (Wildman–Crippen LogP) is 15.5. The van der Waals surface area contributed by atoms with E-state index in [4.69, 9.17) is 4.74 Å². The second-order valence-electron chi connectivity index (χ2n) is 19.1. The maximum Gasteiger partial charge on any atom is 0.151 e. The molecule has 4 fully saturated rings. The Morgan fingerprint density at radius 2 is 0.855 bits per heavy atom. The average Bonchev–Trinajstić information content (AvgIpc) is 3.78. The van der Waals surface area contributed by atoms with Crippen molar-refractivity contribution in [2.45, 2.75) is 49.4 Å². The van der Waals surface area contributed by atoms with Gasteiger partial charge >= 0.3 is 0 Å². The first kappa shape index (κ1) is 34.8. The molecule has 0 saturated heterocycles. The smallest absolute Gasteiger partial charge is 0.151 e. The minimum atomic E-state index is -0.413. The lowest BCUT2D eigenvalue weighted by molar-refractivity contribution is -0.00518. The maximum absolute atomic E-state index is 6.39. The van der Waals surface area contributed by atoms with Gasteiger partial charge in [0.2, 0.25) is 0 Å². The summed E-state index contributed by atoms with van der Waals surface area (Å²) in [6, 6.07) is 70.3. The van der Waals surface area contributed by atoms with Crippen LogP contribution in [0.3, 0.4) is 0 Å². The van der Waals surface area contributed by atoms with Crippen LogP contribution in [0.5, 0.6) is 11.5 Å². The number of ether oxygens (including phenoxy) is 1. The van der Waals surface area contributed by atoms with Gasteiger partial charge in [-0.25, -0.2) is 0 Å². The Kier molecular flexibility index (Phi) is 7.22. The fourth-order valence-electron chi connectivity index (χ4n) is 13.8. The van der Waals surface area contributed by atoms with Crippen molar-refractivity contribution in [3.8, 4) is 33.8 Å². The van der Waals surface area contributed by atoms with Crippen molar-refractivity contribution >= 4 is 34.1 Å². The first-order valence-corrected chi connectivity index (χ1v) is 22.8. The van der Waals surface area contributed by atoms with Crippen LogP contribution in [-0.4, -0.2) is 0 Å². The van der Waals surface area contributed by atoms with Crippen molar-refractivity contribution in [1.82, 2.24) is 0 Å². The van der Waals surface area contributed by atoms with Crippen molar-refractivity contribution in [2.24, 2.45) is 17.8 Å². The molecule has 0 radical (unpaired) electrons. The third-order valence-corrected chi connectivity index (χ3v) is 15.8. The van der Waals surface area contributed by atoms with Crippen LogP contribution >= 0.6 is 0 Å². The van der Waals surface area contributed by atoms with Crippen molar-refractivity contribution in [2.75, 3.05) is 9.80 Å². The molecule has 3 nitrogen and oxygen atoms in total. The number of fused-ring (bicyclic) bond motifs is 12. The highest BCUT2D eigenvalue weighted by atomic mass is 16.5. The molecule has 0 amide bonds. The third kappa shape index (κ3) is 4.77. The summed E-state index contributed by atoms with van der Waals surface area (Å²) in [7, 11) is 0. The summed E-state index contributed by atoms with van der Waals surface area (Å²) < 4.78 is 6.39. The molecule has 4 bridgehead atoms. The lowest BCUT2D eigenvalue weighted by atomic mass is 9.48. The Balaban J connectivity index is 0.940. The summed E-state index contributed by atoms with van der Waals surface area (Å²) in [6.07, 6.45) is 8.49. The Labute approximate surface area is 363 Å². The highest BCUT2D eigenvalue weighted by Crippen LogP contribution is 2.64. The SMILES string of the molecule is c1ccc2c(c1)Oc1ccccc1N2c1ccc(N(c2ccc(C34CC5CC(CC(C5)C3)C4)cc2)c2ccc3c(c2)C2(c4ccccc4-c4ccccc42)c2ccccc2-3)cc1. The first-order valence-electron chi connectivity index (χ1n) is 22.8. The topological polar surface area (TPSA) is 15.7 Å². The van der Waals surface area contributed by atoms with Gasteiger partial charge in [0.1, 0.15) is 0 Å². The van der Waals surface area contributed by atoms with E-state index in [1.807, 2.05) is 12.1 Å². The fourth-order valence-corrected chi connectivity index (χ4v) is 13.8. The van der Waals surface area contributed by atoms with Crippen molar-refractivity contribution in [3.05, 3.63) is 216 Å². The van der Waals surface area contributed by atoms with Crippen LogP contribution in [0.25, 0.3) is 22.3 Å². The summed E-state index contributed by atoms with van der Waals surface area (Å²) in [5.41, 5.74) is 18.9. The van der Waals surface area contributed by atoms with E-state index in [2.05, 4.69) is 186 Å². The second kappa shape index (κ2) is 12.8. The molecular formula is C59H46N2O. The second-order valence-corrected chi connectivity index (χ2v) is 19.1. The van der Waals surface area contributed by atoms with Crippen LogP contribution < -0.4 is 14.5 Å². The molecule has 3 heteroatoms. The van der Waals surface area contributed by atoms with Gasteiger partial charge in [-0.05, 0) is 185 Å². The molecule has 1 heterocycles. The number of nitrogens with zero attached hydrogens (tertiary/aromatic N) is 2. The van der Waals surface area contributed by atoms with E-state index >= 15 is 0 Å². The van der Waals surface area contributed by atoms with Crippen molar-refractivity contribution in [1.29, 1.82) is 0 Å². The van der Waals surface area contributed by atoms with E-state index in [1.165, 1.54) is 88.7 Å². The van der Waals surface area contributed by atoms with Crippen LogP contribution in [0, 0.1) is 17.8 Å². The molecule has 7 aliphatic rings. The molecule has 8 aromatic rings. The van der Waals surface area contributed by atoms with E-state index in [0.717, 1.165) is 57.7 Å². The zero-order valence-electron chi connectivity index (χ0n) is 34.7. The van der Waals surface area contributed by atoms with E-state index in [-0.39, 0.29) is 0 Å². The highest BCUT2D eigenvalue weighted by Gasteiger charge is 2.53. The number of benzene rings is 8. The van der Waals surface area contributed by atoms with Crippen molar-refractivity contribution < 1.29 is 4.74 Å². The first-order chi connectivity index (χ1) is 30.6. The minimum Gasteiger partial charge on any atom is -0.453 e. The Morgan fingerprint density at radius 3 is 1.39 bits per heavy atom. The molecule has 1 aliphatic heterocycles. The summed E-state index contributed by atoms with van der Waals surface area (Å²) >= 11 is 0. The van der Waals surface area contributed by atoms with Crippen LogP contribution in [0.2, 0.25) is 0 Å². The molecule has 1 spiro atoms. The molecule has 15 rings (SSSR count). The molecule has 4 saturated carbocycles. The lowest BCUT2D eigenvalue weighted by Gasteiger charge is -2.57. The molecule has 6 aliphatic carbocycles. The number of hydrogen-bond donors (Lipinski definition) is 0. The van der Waals surface area contributed by atoms with Crippen molar-refractivity contribution in [3.63, 3.8) is 0 Å². The van der Waals surface area contributed by atoms with E-state index in [1.54, 1.807) is 5.56 Å². The fraction of sp³-hybridized carbons (Fsp3) is 0.186. The molecule has 298 valence electrons. The van der Waals surface area contributed by atoms with Gasteiger partial charge in [-0.2, -0.15) is 0 Å². The summed E-state index contributed by atoms with van der Waals surface area (Å²) in [5.74, 6) is 4.46. The molecular weight excluding hydrogens is 753 g/mol. The monoisotopic (exact) mass is 798 g/mol. The molecule has 0 unspecified atom stereocenters. The minimum absolute atomic E-state index is 0.347. The van der Waals surface area contributed by atoms with Gasteiger partial charge in [-0.15, -0.1) is 0 Å². The molecule has 8 aromatic carbocycles. The maximum atomic E-state index is 6.39. The average molecular weight is 799 g/mol. The number of rotatable bonds is 5. The van der Waals surface area contributed by atoms with Crippen LogP contribution in [0.4, 0.5) is 34.1 Å². The van der Waals surface area contributed by atoms with Gasteiger partial charge in [0, 0.05) is 22.7 Å². The van der Waals surface area contributed by atoms with Gasteiger partial charge in [0.05, 0.1) is 16.8 Å². The Hall–Kier alpha value is -6.84. The molecule has 0 aromatic heterocycles. The zero-order valence-corrected chi connectivity index (χ0v) is 34.7. The zero-order chi connectivity index (χ0) is 40.6. The summed E-state index contributed by atoms with van der Waals surface area (Å²) in [4.78, 5) is 4.83. The van der Waals surface area contributed by atoms with Gasteiger partial charge in [-0.3, -0.25) is 0 Å². The number of para-hydroxylation sites is 4. The number of hydrogen-bond acceptors (Lipinski definition) is 3. The lowest BCUT2D eigenvalue weighted by Crippen LogP contribution is -2.48. The van der Waals surface area contributed by atoms with Crippen LogP contribution in [0.15, 0.2) is 188 Å². The van der Waals surface area contributed by atoms with E-state index in [9.17, 15) is 0 Å². The van der Waals surface area contributed by atoms with Gasteiger partial charge in [0.15, 0.2) is 11.5 Å². The highest BCUT2D eigenvalue weighted by molar-refractivity contribution is 5.96.